The first-order valence-corrected chi connectivity index (χ1v) is 7.43. The molecule has 0 radical (unpaired) electrons. The van der Waals surface area contributed by atoms with Gasteiger partial charge >= 0.3 is 0 Å². The zero-order chi connectivity index (χ0) is 14.5. The summed E-state index contributed by atoms with van der Waals surface area (Å²) in [6.45, 7) is 2.08. The molecule has 2 aromatic rings. The number of methoxy groups -OCH3 is 1. The molecule has 1 heterocycles. The molecule has 0 amide bonds. The molecule has 0 unspecified atom stereocenters. The van der Waals surface area contributed by atoms with Crippen molar-refractivity contribution >= 4 is 39.0 Å². The maximum atomic E-state index is 6.02. The van der Waals surface area contributed by atoms with E-state index in [9.17, 15) is 0 Å². The lowest BCUT2D eigenvalue weighted by molar-refractivity contribution is 0.415. The van der Waals surface area contributed by atoms with Crippen molar-refractivity contribution in [1.82, 2.24) is 9.97 Å². The second kappa shape index (κ2) is 6.90. The second-order valence-corrected chi connectivity index (χ2v) is 5.55. The van der Waals surface area contributed by atoms with Gasteiger partial charge in [-0.05, 0) is 18.6 Å². The van der Waals surface area contributed by atoms with Crippen molar-refractivity contribution in [3.8, 4) is 5.75 Å². The summed E-state index contributed by atoms with van der Waals surface area (Å²) in [6, 6.07) is 7.42. The molecule has 0 aliphatic heterocycles. The molecule has 4 nitrogen and oxygen atoms in total. The monoisotopic (exact) mass is 355 g/mol. The number of aromatic nitrogens is 2. The minimum atomic E-state index is 0.438. The SMILES string of the molecule is CCCc1nc(Cl)cc(Nc2cc(Br)cc(OC)c2)n1. The van der Waals surface area contributed by atoms with Crippen LogP contribution in [0.1, 0.15) is 19.2 Å². The first-order valence-electron chi connectivity index (χ1n) is 6.25. The van der Waals surface area contributed by atoms with Gasteiger partial charge in [0, 0.05) is 28.7 Å². The molecule has 0 aliphatic carbocycles. The first kappa shape index (κ1) is 15.1. The number of anilines is 2. The lowest BCUT2D eigenvalue weighted by atomic mass is 10.3. The summed E-state index contributed by atoms with van der Waals surface area (Å²) in [5.74, 6) is 2.17. The highest BCUT2D eigenvalue weighted by Gasteiger charge is 2.05. The largest absolute Gasteiger partial charge is 0.497 e. The van der Waals surface area contributed by atoms with Gasteiger partial charge < -0.3 is 10.1 Å². The van der Waals surface area contributed by atoms with Gasteiger partial charge in [-0.2, -0.15) is 0 Å². The molecule has 0 saturated heterocycles. The number of nitrogens with zero attached hydrogens (tertiary/aromatic N) is 2. The molecule has 0 aliphatic rings. The average Bonchev–Trinajstić information content (AvgIpc) is 2.37. The van der Waals surface area contributed by atoms with Gasteiger partial charge in [-0.15, -0.1) is 0 Å². The van der Waals surface area contributed by atoms with Gasteiger partial charge in [0.2, 0.25) is 0 Å². The predicted octanol–water partition coefficient (Wildman–Crippen LogP) is 4.60. The highest BCUT2D eigenvalue weighted by molar-refractivity contribution is 9.10. The Balaban J connectivity index is 2.27. The van der Waals surface area contributed by atoms with Gasteiger partial charge in [0.15, 0.2) is 0 Å². The Morgan fingerprint density at radius 2 is 2.05 bits per heavy atom. The van der Waals surface area contributed by atoms with Gasteiger partial charge in [-0.3, -0.25) is 0 Å². The van der Waals surface area contributed by atoms with Gasteiger partial charge in [0.1, 0.15) is 22.5 Å². The third kappa shape index (κ3) is 4.08. The molecule has 0 bridgehead atoms. The lowest BCUT2D eigenvalue weighted by Gasteiger charge is -2.10. The van der Waals surface area contributed by atoms with Crippen LogP contribution >= 0.6 is 27.5 Å². The summed E-state index contributed by atoms with van der Waals surface area (Å²) in [5.41, 5.74) is 0.869. The number of aryl methyl sites for hydroxylation is 1. The van der Waals surface area contributed by atoms with Crippen molar-refractivity contribution in [2.45, 2.75) is 19.8 Å². The van der Waals surface area contributed by atoms with Crippen molar-refractivity contribution in [2.24, 2.45) is 0 Å². The van der Waals surface area contributed by atoms with Crippen molar-refractivity contribution < 1.29 is 4.74 Å². The Labute approximate surface area is 131 Å². The van der Waals surface area contributed by atoms with Crippen molar-refractivity contribution in [3.63, 3.8) is 0 Å². The zero-order valence-electron chi connectivity index (χ0n) is 11.3. The van der Waals surface area contributed by atoms with E-state index in [2.05, 4.69) is 38.1 Å². The number of hydrogen-bond acceptors (Lipinski definition) is 4. The fourth-order valence-corrected chi connectivity index (χ4v) is 2.44. The van der Waals surface area contributed by atoms with E-state index >= 15 is 0 Å². The molecule has 20 heavy (non-hydrogen) atoms. The molecular weight excluding hydrogens is 342 g/mol. The molecule has 0 atom stereocenters. The van der Waals surface area contributed by atoms with E-state index in [1.165, 1.54) is 0 Å². The van der Waals surface area contributed by atoms with Crippen LogP contribution in [0.2, 0.25) is 5.15 Å². The summed E-state index contributed by atoms with van der Waals surface area (Å²) in [5, 5.41) is 3.65. The quantitative estimate of drug-likeness (QED) is 0.796. The van der Waals surface area contributed by atoms with E-state index in [-0.39, 0.29) is 0 Å². The predicted molar refractivity (Wildman–Crippen MR) is 85.0 cm³/mol. The standard InChI is InChI=1S/C14H15BrClN3O/c1-3-4-13-18-12(16)8-14(19-13)17-10-5-9(15)6-11(7-10)20-2/h5-8H,3-4H2,1-2H3,(H,17,18,19). The number of halogens is 2. The van der Waals surface area contributed by atoms with Crippen LogP contribution < -0.4 is 10.1 Å². The third-order valence-electron chi connectivity index (χ3n) is 2.59. The summed E-state index contributed by atoms with van der Waals surface area (Å²) in [6.07, 6.45) is 1.78. The molecule has 106 valence electrons. The lowest BCUT2D eigenvalue weighted by Crippen LogP contribution is -2.00. The number of rotatable bonds is 5. The molecule has 2 rings (SSSR count). The molecule has 0 saturated carbocycles. The Morgan fingerprint density at radius 3 is 2.75 bits per heavy atom. The maximum absolute atomic E-state index is 6.02. The number of ether oxygens (including phenoxy) is 1. The molecule has 1 aromatic carbocycles. The van der Waals surface area contributed by atoms with E-state index in [1.54, 1.807) is 13.2 Å². The molecule has 0 fully saturated rings. The van der Waals surface area contributed by atoms with Crippen LogP contribution in [0.5, 0.6) is 5.75 Å². The van der Waals surface area contributed by atoms with E-state index in [0.29, 0.717) is 11.0 Å². The van der Waals surface area contributed by atoms with Gasteiger partial charge in [0.05, 0.1) is 7.11 Å². The fraction of sp³-hybridized carbons (Fsp3) is 0.286. The Bertz CT molecular complexity index is 607. The highest BCUT2D eigenvalue weighted by Crippen LogP contribution is 2.27. The topological polar surface area (TPSA) is 47.0 Å². The van der Waals surface area contributed by atoms with Crippen LogP contribution in [0.3, 0.4) is 0 Å². The summed E-state index contributed by atoms with van der Waals surface area (Å²) in [4.78, 5) is 8.64. The summed E-state index contributed by atoms with van der Waals surface area (Å²) >= 11 is 9.46. The zero-order valence-corrected chi connectivity index (χ0v) is 13.6. The second-order valence-electron chi connectivity index (χ2n) is 4.25. The van der Waals surface area contributed by atoms with Crippen LogP contribution in [0, 0.1) is 0 Å². The van der Waals surface area contributed by atoms with Crippen LogP contribution in [0.4, 0.5) is 11.5 Å². The molecule has 0 spiro atoms. The first-order chi connectivity index (χ1) is 9.60. The molecule has 6 heteroatoms. The normalized spacial score (nSPS) is 10.4. The average molecular weight is 357 g/mol. The smallest absolute Gasteiger partial charge is 0.135 e. The maximum Gasteiger partial charge on any atom is 0.135 e. The molecule has 1 N–H and O–H groups in total. The van der Waals surface area contributed by atoms with Crippen molar-refractivity contribution in [2.75, 3.05) is 12.4 Å². The number of nitrogens with one attached hydrogen (secondary N) is 1. The summed E-state index contributed by atoms with van der Waals surface area (Å²) < 4.78 is 6.15. The van der Waals surface area contributed by atoms with Crippen molar-refractivity contribution in [3.05, 3.63) is 39.7 Å². The van der Waals surface area contributed by atoms with Crippen LogP contribution in [0.25, 0.3) is 0 Å². The number of benzene rings is 1. The minimum absolute atomic E-state index is 0.438. The summed E-state index contributed by atoms with van der Waals surface area (Å²) in [7, 11) is 1.63. The Morgan fingerprint density at radius 1 is 1.25 bits per heavy atom. The minimum Gasteiger partial charge on any atom is -0.497 e. The highest BCUT2D eigenvalue weighted by atomic mass is 79.9. The van der Waals surface area contributed by atoms with Crippen LogP contribution in [-0.2, 0) is 6.42 Å². The van der Waals surface area contributed by atoms with E-state index in [1.807, 2.05) is 18.2 Å². The fourth-order valence-electron chi connectivity index (χ4n) is 1.76. The van der Waals surface area contributed by atoms with Gasteiger partial charge in [-0.1, -0.05) is 34.5 Å². The molecule has 1 aromatic heterocycles. The van der Waals surface area contributed by atoms with E-state index in [0.717, 1.165) is 34.6 Å². The number of hydrogen-bond donors (Lipinski definition) is 1. The van der Waals surface area contributed by atoms with Crippen molar-refractivity contribution in [1.29, 1.82) is 0 Å². The van der Waals surface area contributed by atoms with E-state index in [4.69, 9.17) is 16.3 Å². The van der Waals surface area contributed by atoms with Gasteiger partial charge in [0.25, 0.3) is 0 Å². The van der Waals surface area contributed by atoms with Crippen LogP contribution in [0.15, 0.2) is 28.7 Å². The third-order valence-corrected chi connectivity index (χ3v) is 3.25. The van der Waals surface area contributed by atoms with Crippen LogP contribution in [-0.4, -0.2) is 17.1 Å². The Kier molecular flexibility index (Phi) is 5.20. The molecular formula is C14H15BrClN3O. The Hall–Kier alpha value is -1.33. The van der Waals surface area contributed by atoms with Gasteiger partial charge in [-0.25, -0.2) is 9.97 Å². The van der Waals surface area contributed by atoms with E-state index < -0.39 is 0 Å².